The zero-order valence-corrected chi connectivity index (χ0v) is 7.35. The quantitative estimate of drug-likeness (QED) is 0.585. The van der Waals surface area contributed by atoms with Crippen LogP contribution in [0, 0.1) is 10.1 Å². The maximum absolute atomic E-state index is 12.4. The van der Waals surface area contributed by atoms with Crippen LogP contribution in [0.2, 0.25) is 0 Å². The summed E-state index contributed by atoms with van der Waals surface area (Å²) in [7, 11) is 0. The number of nitrogens with zero attached hydrogens (tertiary/aromatic N) is 2. The summed E-state index contributed by atoms with van der Waals surface area (Å²) in [5, 5.41) is 19.4. The normalized spacial score (nSPS) is 10.7. The Balaban J connectivity index is 3.35. The van der Waals surface area contributed by atoms with Crippen molar-refractivity contribution in [2.24, 2.45) is 5.73 Å². The Morgan fingerprint density at radius 2 is 2.27 bits per heavy atom. The van der Waals surface area contributed by atoms with Crippen LogP contribution in [0.1, 0.15) is 17.7 Å². The molecule has 1 aromatic rings. The molecule has 0 aliphatic carbocycles. The van der Waals surface area contributed by atoms with Gasteiger partial charge in [0, 0.05) is 6.07 Å². The Morgan fingerprint density at radius 1 is 1.67 bits per heavy atom. The van der Waals surface area contributed by atoms with Crippen molar-refractivity contribution in [3.63, 3.8) is 0 Å². The van der Waals surface area contributed by atoms with Gasteiger partial charge in [0.1, 0.15) is 0 Å². The summed E-state index contributed by atoms with van der Waals surface area (Å²) in [6.07, 6.45) is -2.89. The fourth-order valence-electron chi connectivity index (χ4n) is 1.03. The van der Waals surface area contributed by atoms with E-state index >= 15 is 0 Å². The maximum Gasteiger partial charge on any atom is 0.406 e. The fourth-order valence-corrected chi connectivity index (χ4v) is 1.03. The standard InChI is InChI=1S/C7H7F2N3O3/c8-6(9)3-1-5(13)7(12(14)15)11-4(3)2-10/h1,6,13H,2,10H2. The summed E-state index contributed by atoms with van der Waals surface area (Å²) in [4.78, 5) is 12.6. The van der Waals surface area contributed by atoms with Gasteiger partial charge in [-0.25, -0.2) is 8.78 Å². The van der Waals surface area contributed by atoms with Gasteiger partial charge in [-0.3, -0.25) is 0 Å². The van der Waals surface area contributed by atoms with Crippen molar-refractivity contribution in [1.82, 2.24) is 4.98 Å². The molecule has 82 valence electrons. The first-order chi connectivity index (χ1) is 6.97. The number of aromatic nitrogens is 1. The van der Waals surface area contributed by atoms with Gasteiger partial charge < -0.3 is 21.0 Å². The molecule has 6 nitrogen and oxygen atoms in total. The highest BCUT2D eigenvalue weighted by Gasteiger charge is 2.24. The van der Waals surface area contributed by atoms with Gasteiger partial charge >= 0.3 is 5.82 Å². The first-order valence-corrected chi connectivity index (χ1v) is 3.82. The number of pyridine rings is 1. The molecule has 3 N–H and O–H groups in total. The molecule has 0 saturated heterocycles. The average Bonchev–Trinajstić information content (AvgIpc) is 2.16. The van der Waals surface area contributed by atoms with Crippen LogP contribution in [0.4, 0.5) is 14.6 Å². The summed E-state index contributed by atoms with van der Waals surface area (Å²) in [6, 6.07) is 0.609. The molecule has 0 unspecified atom stereocenters. The molecule has 0 aromatic carbocycles. The average molecular weight is 219 g/mol. The summed E-state index contributed by atoms with van der Waals surface area (Å²) in [5.41, 5.74) is 4.21. The number of hydrogen-bond acceptors (Lipinski definition) is 5. The highest BCUT2D eigenvalue weighted by Crippen LogP contribution is 2.30. The van der Waals surface area contributed by atoms with Crippen molar-refractivity contribution in [1.29, 1.82) is 0 Å². The molecule has 0 fully saturated rings. The molecule has 0 bridgehead atoms. The smallest absolute Gasteiger partial charge is 0.406 e. The second kappa shape index (κ2) is 4.13. The first-order valence-electron chi connectivity index (χ1n) is 3.82. The zero-order valence-electron chi connectivity index (χ0n) is 7.35. The summed E-state index contributed by atoms with van der Waals surface area (Å²) >= 11 is 0. The summed E-state index contributed by atoms with van der Waals surface area (Å²) in [5.74, 6) is -1.77. The third kappa shape index (κ3) is 2.15. The third-order valence-electron chi connectivity index (χ3n) is 1.70. The Bertz CT molecular complexity index is 397. The van der Waals surface area contributed by atoms with E-state index < -0.39 is 28.5 Å². The minimum atomic E-state index is -2.89. The topological polar surface area (TPSA) is 102 Å². The third-order valence-corrected chi connectivity index (χ3v) is 1.70. The van der Waals surface area contributed by atoms with Crippen molar-refractivity contribution in [2.45, 2.75) is 13.0 Å². The van der Waals surface area contributed by atoms with Gasteiger partial charge in [-0.2, -0.15) is 0 Å². The predicted octanol–water partition coefficient (Wildman–Crippen LogP) is 1.09. The number of hydrogen-bond donors (Lipinski definition) is 2. The molecule has 0 radical (unpaired) electrons. The van der Waals surface area contributed by atoms with Crippen LogP contribution < -0.4 is 5.73 Å². The molecule has 1 heterocycles. The van der Waals surface area contributed by atoms with Crippen LogP contribution in [0.25, 0.3) is 0 Å². The van der Waals surface area contributed by atoms with Crippen LogP contribution in [0.3, 0.4) is 0 Å². The molecule has 0 saturated carbocycles. The van der Waals surface area contributed by atoms with Crippen molar-refractivity contribution < 1.29 is 18.8 Å². The highest BCUT2D eigenvalue weighted by molar-refractivity contribution is 5.43. The van der Waals surface area contributed by atoms with Gasteiger partial charge in [0.2, 0.25) is 5.75 Å². The number of rotatable bonds is 3. The number of halogens is 2. The number of nitro groups is 1. The van der Waals surface area contributed by atoms with Crippen LogP contribution in [-0.2, 0) is 6.54 Å². The Morgan fingerprint density at radius 3 is 2.67 bits per heavy atom. The molecule has 1 rings (SSSR count). The molecule has 15 heavy (non-hydrogen) atoms. The molecule has 0 aliphatic heterocycles. The molecule has 0 amide bonds. The lowest BCUT2D eigenvalue weighted by Crippen LogP contribution is -2.07. The molecule has 0 spiro atoms. The van der Waals surface area contributed by atoms with Crippen LogP contribution >= 0.6 is 0 Å². The Labute approximate surface area is 82.5 Å². The van der Waals surface area contributed by atoms with E-state index in [9.17, 15) is 18.9 Å². The van der Waals surface area contributed by atoms with Gasteiger partial charge in [0.15, 0.2) is 5.69 Å². The molecular weight excluding hydrogens is 212 g/mol. The highest BCUT2D eigenvalue weighted by atomic mass is 19.3. The number of nitrogens with two attached hydrogens (primary N) is 1. The number of aromatic hydroxyl groups is 1. The molecule has 8 heteroatoms. The predicted molar refractivity (Wildman–Crippen MR) is 45.4 cm³/mol. The van der Waals surface area contributed by atoms with E-state index in [1.54, 1.807) is 0 Å². The van der Waals surface area contributed by atoms with E-state index in [2.05, 4.69) is 4.98 Å². The summed E-state index contributed by atoms with van der Waals surface area (Å²) in [6.45, 7) is -0.360. The van der Waals surface area contributed by atoms with Crippen molar-refractivity contribution in [3.05, 3.63) is 27.4 Å². The molecule has 0 atom stereocenters. The van der Waals surface area contributed by atoms with E-state index in [0.717, 1.165) is 0 Å². The first kappa shape index (κ1) is 11.2. The lowest BCUT2D eigenvalue weighted by molar-refractivity contribution is -0.390. The van der Waals surface area contributed by atoms with Gasteiger partial charge in [-0.15, -0.1) is 0 Å². The fraction of sp³-hybridized carbons (Fsp3) is 0.286. The van der Waals surface area contributed by atoms with E-state index in [4.69, 9.17) is 10.8 Å². The maximum atomic E-state index is 12.4. The van der Waals surface area contributed by atoms with Gasteiger partial charge in [0.25, 0.3) is 6.43 Å². The molecule has 0 aliphatic rings. The minimum absolute atomic E-state index is 0.297. The van der Waals surface area contributed by atoms with Gasteiger partial charge in [-0.1, -0.05) is 0 Å². The monoisotopic (exact) mass is 219 g/mol. The Kier molecular flexibility index (Phi) is 3.10. The lowest BCUT2D eigenvalue weighted by atomic mass is 10.2. The molecular formula is C7H7F2N3O3. The SMILES string of the molecule is NCc1nc([N+](=O)[O-])c(O)cc1C(F)F. The van der Waals surface area contributed by atoms with Crippen molar-refractivity contribution >= 4 is 5.82 Å². The lowest BCUT2D eigenvalue weighted by Gasteiger charge is -2.03. The van der Waals surface area contributed by atoms with Crippen LogP contribution in [0.15, 0.2) is 6.07 Å². The second-order valence-electron chi connectivity index (χ2n) is 2.63. The summed E-state index contributed by atoms with van der Waals surface area (Å²) < 4.78 is 24.7. The Hall–Kier alpha value is -1.83. The van der Waals surface area contributed by atoms with Crippen molar-refractivity contribution in [2.75, 3.05) is 0 Å². The van der Waals surface area contributed by atoms with E-state index in [0.29, 0.717) is 6.07 Å². The van der Waals surface area contributed by atoms with Crippen LogP contribution in [-0.4, -0.2) is 15.0 Å². The largest absolute Gasteiger partial charge is 0.501 e. The van der Waals surface area contributed by atoms with E-state index in [-0.39, 0.29) is 12.2 Å². The molecule has 1 aromatic heterocycles. The second-order valence-corrected chi connectivity index (χ2v) is 2.63. The van der Waals surface area contributed by atoms with Crippen molar-refractivity contribution in [3.8, 4) is 5.75 Å². The van der Waals surface area contributed by atoms with Crippen LogP contribution in [0.5, 0.6) is 5.75 Å². The number of alkyl halides is 2. The zero-order chi connectivity index (χ0) is 11.6. The van der Waals surface area contributed by atoms with Gasteiger partial charge in [-0.05, 0) is 9.91 Å². The minimum Gasteiger partial charge on any atom is -0.501 e. The van der Waals surface area contributed by atoms with Gasteiger partial charge in [0.05, 0.1) is 12.1 Å². The van der Waals surface area contributed by atoms with E-state index in [1.807, 2.05) is 0 Å². The van der Waals surface area contributed by atoms with E-state index in [1.165, 1.54) is 0 Å².